The fourth-order valence-corrected chi connectivity index (χ4v) is 3.27. The Kier molecular flexibility index (Phi) is 5.06. The first kappa shape index (κ1) is 14.1. The standard InChI is InChI=1S/C17H26N2O/c1-2-6-16-14-19(10-3-7-15(16)5-1)11-9-18-13-17-8-4-12-20-17/h1-2,5-6,17-18H,3-4,7-14H2. The fraction of sp³-hybridized carbons (Fsp3) is 0.647. The van der Waals surface area contributed by atoms with Crippen molar-refractivity contribution in [1.29, 1.82) is 0 Å². The molecule has 3 heteroatoms. The molecule has 2 aliphatic heterocycles. The quantitative estimate of drug-likeness (QED) is 0.833. The summed E-state index contributed by atoms with van der Waals surface area (Å²) in [6, 6.07) is 8.90. The highest BCUT2D eigenvalue weighted by atomic mass is 16.5. The summed E-state index contributed by atoms with van der Waals surface area (Å²) in [5, 5.41) is 3.55. The molecule has 2 aliphatic rings. The van der Waals surface area contributed by atoms with E-state index in [1.54, 1.807) is 5.56 Å². The van der Waals surface area contributed by atoms with Gasteiger partial charge in [0.15, 0.2) is 0 Å². The van der Waals surface area contributed by atoms with Gasteiger partial charge in [-0.25, -0.2) is 0 Å². The summed E-state index contributed by atoms with van der Waals surface area (Å²) in [6.45, 7) is 6.51. The van der Waals surface area contributed by atoms with Gasteiger partial charge in [-0.05, 0) is 43.4 Å². The van der Waals surface area contributed by atoms with Crippen molar-refractivity contribution >= 4 is 0 Å². The molecule has 1 saturated heterocycles. The molecule has 0 radical (unpaired) electrons. The molecule has 0 aliphatic carbocycles. The number of nitrogens with one attached hydrogen (secondary N) is 1. The molecule has 3 nitrogen and oxygen atoms in total. The van der Waals surface area contributed by atoms with E-state index in [0.29, 0.717) is 6.10 Å². The third-order valence-corrected chi connectivity index (χ3v) is 4.43. The molecule has 20 heavy (non-hydrogen) atoms. The van der Waals surface area contributed by atoms with Gasteiger partial charge in [-0.2, -0.15) is 0 Å². The molecule has 1 aromatic rings. The van der Waals surface area contributed by atoms with Crippen molar-refractivity contribution < 1.29 is 4.74 Å². The molecule has 1 unspecified atom stereocenters. The monoisotopic (exact) mass is 274 g/mol. The van der Waals surface area contributed by atoms with Crippen LogP contribution in [0.15, 0.2) is 24.3 Å². The van der Waals surface area contributed by atoms with E-state index in [4.69, 9.17) is 4.74 Å². The second kappa shape index (κ2) is 7.21. The zero-order chi connectivity index (χ0) is 13.6. The van der Waals surface area contributed by atoms with Crippen LogP contribution in [0.25, 0.3) is 0 Å². The predicted octanol–water partition coefficient (Wildman–Crippen LogP) is 2.20. The Balaban J connectivity index is 1.41. The number of ether oxygens (including phenoxy) is 1. The minimum Gasteiger partial charge on any atom is -0.377 e. The average Bonchev–Trinajstić information content (AvgIpc) is 2.89. The van der Waals surface area contributed by atoms with E-state index in [1.165, 1.54) is 37.8 Å². The lowest BCUT2D eigenvalue weighted by atomic mass is 10.0. The number of rotatable bonds is 5. The van der Waals surface area contributed by atoms with E-state index in [0.717, 1.165) is 32.8 Å². The maximum absolute atomic E-state index is 5.64. The van der Waals surface area contributed by atoms with Crippen LogP contribution in [0.5, 0.6) is 0 Å². The van der Waals surface area contributed by atoms with Gasteiger partial charge in [0, 0.05) is 32.8 Å². The maximum atomic E-state index is 5.64. The lowest BCUT2D eigenvalue weighted by molar-refractivity contribution is 0.109. The Morgan fingerprint density at radius 1 is 1.20 bits per heavy atom. The van der Waals surface area contributed by atoms with Crippen LogP contribution in [0, 0.1) is 0 Å². The molecule has 1 aromatic carbocycles. The van der Waals surface area contributed by atoms with Crippen LogP contribution in [-0.4, -0.2) is 43.8 Å². The van der Waals surface area contributed by atoms with Gasteiger partial charge >= 0.3 is 0 Å². The Labute approximate surface area is 122 Å². The van der Waals surface area contributed by atoms with Gasteiger partial charge in [-0.15, -0.1) is 0 Å². The highest BCUT2D eigenvalue weighted by Crippen LogP contribution is 2.17. The van der Waals surface area contributed by atoms with Crippen molar-refractivity contribution in [3.8, 4) is 0 Å². The molecule has 1 N–H and O–H groups in total. The number of hydrogen-bond acceptors (Lipinski definition) is 3. The molecule has 0 bridgehead atoms. The summed E-state index contributed by atoms with van der Waals surface area (Å²) in [6.07, 6.45) is 5.43. The van der Waals surface area contributed by atoms with Crippen molar-refractivity contribution in [3.05, 3.63) is 35.4 Å². The van der Waals surface area contributed by atoms with Gasteiger partial charge in [0.05, 0.1) is 6.10 Å². The van der Waals surface area contributed by atoms with Gasteiger partial charge < -0.3 is 10.1 Å². The SMILES string of the molecule is c1ccc2c(c1)CCCN(CCNCC1CCCO1)C2. The molecular weight excluding hydrogens is 248 g/mol. The predicted molar refractivity (Wildman–Crippen MR) is 81.9 cm³/mol. The summed E-state index contributed by atoms with van der Waals surface area (Å²) >= 11 is 0. The Morgan fingerprint density at radius 3 is 2.95 bits per heavy atom. The molecule has 3 rings (SSSR count). The van der Waals surface area contributed by atoms with E-state index in [1.807, 2.05) is 0 Å². The molecule has 0 aromatic heterocycles. The van der Waals surface area contributed by atoms with Crippen molar-refractivity contribution in [2.75, 3.05) is 32.8 Å². The lowest BCUT2D eigenvalue weighted by Gasteiger charge is -2.21. The van der Waals surface area contributed by atoms with Gasteiger partial charge in [0.2, 0.25) is 0 Å². The summed E-state index contributed by atoms with van der Waals surface area (Å²) < 4.78 is 5.64. The zero-order valence-corrected chi connectivity index (χ0v) is 12.3. The van der Waals surface area contributed by atoms with Crippen LogP contribution in [0.1, 0.15) is 30.4 Å². The van der Waals surface area contributed by atoms with Crippen molar-refractivity contribution in [1.82, 2.24) is 10.2 Å². The van der Waals surface area contributed by atoms with Crippen LogP contribution in [-0.2, 0) is 17.7 Å². The minimum atomic E-state index is 0.458. The molecule has 0 saturated carbocycles. The van der Waals surface area contributed by atoms with Crippen LogP contribution in [0.2, 0.25) is 0 Å². The Morgan fingerprint density at radius 2 is 2.10 bits per heavy atom. The Bertz CT molecular complexity index is 415. The minimum absolute atomic E-state index is 0.458. The number of fused-ring (bicyclic) bond motifs is 1. The lowest BCUT2D eigenvalue weighted by Crippen LogP contribution is -2.35. The highest BCUT2D eigenvalue weighted by Gasteiger charge is 2.16. The van der Waals surface area contributed by atoms with Crippen molar-refractivity contribution in [3.63, 3.8) is 0 Å². The molecule has 2 heterocycles. The largest absolute Gasteiger partial charge is 0.377 e. The van der Waals surface area contributed by atoms with E-state index in [9.17, 15) is 0 Å². The van der Waals surface area contributed by atoms with Crippen LogP contribution >= 0.6 is 0 Å². The van der Waals surface area contributed by atoms with E-state index < -0.39 is 0 Å². The molecular formula is C17H26N2O. The first-order valence-corrected chi connectivity index (χ1v) is 8.03. The van der Waals surface area contributed by atoms with Crippen LogP contribution in [0.3, 0.4) is 0 Å². The third-order valence-electron chi connectivity index (χ3n) is 4.43. The number of nitrogens with zero attached hydrogens (tertiary/aromatic N) is 1. The van der Waals surface area contributed by atoms with Gasteiger partial charge in [0.1, 0.15) is 0 Å². The van der Waals surface area contributed by atoms with Gasteiger partial charge in [-0.3, -0.25) is 4.90 Å². The highest BCUT2D eigenvalue weighted by molar-refractivity contribution is 5.27. The number of benzene rings is 1. The number of aryl methyl sites for hydroxylation is 1. The van der Waals surface area contributed by atoms with Crippen LogP contribution in [0.4, 0.5) is 0 Å². The fourth-order valence-electron chi connectivity index (χ4n) is 3.27. The summed E-state index contributed by atoms with van der Waals surface area (Å²) in [5.41, 5.74) is 3.06. The maximum Gasteiger partial charge on any atom is 0.0700 e. The molecule has 110 valence electrons. The third kappa shape index (κ3) is 3.81. The molecule has 1 atom stereocenters. The smallest absolute Gasteiger partial charge is 0.0700 e. The van der Waals surface area contributed by atoms with E-state index in [-0.39, 0.29) is 0 Å². The van der Waals surface area contributed by atoms with Crippen molar-refractivity contribution in [2.24, 2.45) is 0 Å². The molecule has 0 amide bonds. The summed E-state index contributed by atoms with van der Waals surface area (Å²) in [7, 11) is 0. The van der Waals surface area contributed by atoms with Crippen LogP contribution < -0.4 is 5.32 Å². The average molecular weight is 274 g/mol. The second-order valence-corrected chi connectivity index (χ2v) is 5.99. The summed E-state index contributed by atoms with van der Waals surface area (Å²) in [5.74, 6) is 0. The molecule has 0 spiro atoms. The first-order chi connectivity index (χ1) is 9.92. The Hall–Kier alpha value is -0.900. The first-order valence-electron chi connectivity index (χ1n) is 8.03. The normalized spacial score (nSPS) is 23.5. The number of hydrogen-bond donors (Lipinski definition) is 1. The van der Waals surface area contributed by atoms with E-state index in [2.05, 4.69) is 34.5 Å². The second-order valence-electron chi connectivity index (χ2n) is 5.99. The van der Waals surface area contributed by atoms with Gasteiger partial charge in [-0.1, -0.05) is 24.3 Å². The van der Waals surface area contributed by atoms with E-state index >= 15 is 0 Å². The van der Waals surface area contributed by atoms with Crippen molar-refractivity contribution in [2.45, 2.75) is 38.3 Å². The topological polar surface area (TPSA) is 24.5 Å². The molecule has 1 fully saturated rings. The van der Waals surface area contributed by atoms with Gasteiger partial charge in [0.25, 0.3) is 0 Å². The zero-order valence-electron chi connectivity index (χ0n) is 12.3. The summed E-state index contributed by atoms with van der Waals surface area (Å²) in [4.78, 5) is 2.58.